The monoisotopic (exact) mass is 237 g/mol. The summed E-state index contributed by atoms with van der Waals surface area (Å²) in [5.74, 6) is 0.435. The van der Waals surface area contributed by atoms with Crippen LogP contribution >= 0.6 is 0 Å². The van der Waals surface area contributed by atoms with Crippen LogP contribution in [0.2, 0.25) is 0 Å². The van der Waals surface area contributed by atoms with Crippen LogP contribution in [-0.4, -0.2) is 23.8 Å². The Morgan fingerprint density at radius 3 is 2.88 bits per heavy atom. The molecule has 1 amide bonds. The van der Waals surface area contributed by atoms with Crippen LogP contribution in [0.1, 0.15) is 25.5 Å². The summed E-state index contributed by atoms with van der Waals surface area (Å²) in [6.07, 6.45) is -1.06. The number of benzene rings is 1. The second-order valence-electron chi connectivity index (χ2n) is 4.44. The van der Waals surface area contributed by atoms with E-state index in [9.17, 15) is 9.90 Å². The minimum Gasteiger partial charge on any atom is -0.504 e. The Kier molecular flexibility index (Phi) is 2.61. The van der Waals surface area contributed by atoms with Crippen molar-refractivity contribution in [1.82, 2.24) is 5.32 Å². The number of hydrogen-bond donors (Lipinski definition) is 2. The lowest BCUT2D eigenvalue weighted by Gasteiger charge is -2.25. The molecule has 0 spiro atoms. The predicted molar refractivity (Wildman–Crippen MR) is 61.1 cm³/mol. The van der Waals surface area contributed by atoms with Crippen molar-refractivity contribution in [3.05, 3.63) is 23.8 Å². The molecule has 0 aliphatic carbocycles. The topological polar surface area (TPSA) is 67.8 Å². The molecular formula is C12H15NO4. The van der Waals surface area contributed by atoms with Gasteiger partial charge in [0.1, 0.15) is 5.60 Å². The van der Waals surface area contributed by atoms with Crippen LogP contribution in [0.3, 0.4) is 0 Å². The van der Waals surface area contributed by atoms with E-state index in [1.165, 1.54) is 13.1 Å². The van der Waals surface area contributed by atoms with E-state index in [4.69, 9.17) is 9.47 Å². The number of amides is 1. The van der Waals surface area contributed by atoms with Gasteiger partial charge in [-0.1, -0.05) is 12.1 Å². The summed E-state index contributed by atoms with van der Waals surface area (Å²) in [5.41, 5.74) is -0.0215. The maximum absolute atomic E-state index is 11.3. The van der Waals surface area contributed by atoms with E-state index >= 15 is 0 Å². The van der Waals surface area contributed by atoms with Crippen LogP contribution in [-0.2, 0) is 4.74 Å². The largest absolute Gasteiger partial charge is 0.504 e. The van der Waals surface area contributed by atoms with Crippen molar-refractivity contribution in [1.29, 1.82) is 0 Å². The quantitative estimate of drug-likeness (QED) is 0.783. The SMILES string of the molecule is CNC(=O)OC1c2cccc(O)c2OC1(C)C. The third-order valence-corrected chi connectivity index (χ3v) is 2.73. The molecule has 5 nitrogen and oxygen atoms in total. The lowest BCUT2D eigenvalue weighted by Crippen LogP contribution is -2.35. The first-order chi connectivity index (χ1) is 7.95. The predicted octanol–water partition coefficient (Wildman–Crippen LogP) is 1.96. The first kappa shape index (κ1) is 11.6. The first-order valence-corrected chi connectivity index (χ1v) is 5.35. The highest BCUT2D eigenvalue weighted by Gasteiger charge is 2.45. The lowest BCUT2D eigenvalue weighted by molar-refractivity contribution is -0.0132. The van der Waals surface area contributed by atoms with Gasteiger partial charge < -0.3 is 19.9 Å². The molecule has 5 heteroatoms. The Balaban J connectivity index is 2.38. The maximum atomic E-state index is 11.3. The van der Waals surface area contributed by atoms with Gasteiger partial charge in [0.15, 0.2) is 17.6 Å². The number of phenols is 1. The number of ether oxygens (including phenoxy) is 2. The minimum absolute atomic E-state index is 0.0542. The summed E-state index contributed by atoms with van der Waals surface area (Å²) in [4.78, 5) is 11.3. The Morgan fingerprint density at radius 1 is 1.53 bits per heavy atom. The fraction of sp³-hybridized carbons (Fsp3) is 0.417. The van der Waals surface area contributed by atoms with Crippen molar-refractivity contribution in [3.8, 4) is 11.5 Å². The maximum Gasteiger partial charge on any atom is 0.407 e. The summed E-state index contributed by atoms with van der Waals surface area (Å²) in [7, 11) is 1.49. The van der Waals surface area contributed by atoms with Gasteiger partial charge in [0, 0.05) is 12.6 Å². The molecular weight excluding hydrogens is 222 g/mol. The molecule has 1 aliphatic rings. The highest BCUT2D eigenvalue weighted by atomic mass is 16.6. The van der Waals surface area contributed by atoms with Gasteiger partial charge in [0.05, 0.1) is 0 Å². The zero-order valence-corrected chi connectivity index (χ0v) is 9.98. The van der Waals surface area contributed by atoms with E-state index in [0.29, 0.717) is 11.3 Å². The smallest absolute Gasteiger partial charge is 0.407 e. The van der Waals surface area contributed by atoms with E-state index in [-0.39, 0.29) is 5.75 Å². The number of carbonyl (C=O) groups is 1. The van der Waals surface area contributed by atoms with Crippen LogP contribution in [0.25, 0.3) is 0 Å². The summed E-state index contributed by atoms with van der Waals surface area (Å²) >= 11 is 0. The standard InChI is InChI=1S/C12H15NO4/c1-12(2)10(16-11(15)13-3)7-5-4-6-8(14)9(7)17-12/h4-6,10,14H,1-3H3,(H,13,15). The molecule has 2 rings (SSSR count). The fourth-order valence-corrected chi connectivity index (χ4v) is 1.92. The van der Waals surface area contributed by atoms with Crippen LogP contribution in [0.4, 0.5) is 4.79 Å². The summed E-state index contributed by atoms with van der Waals surface area (Å²) in [6, 6.07) is 5.01. The van der Waals surface area contributed by atoms with Gasteiger partial charge in [0.25, 0.3) is 0 Å². The number of nitrogens with one attached hydrogen (secondary N) is 1. The Labute approximate surface area is 99.3 Å². The highest BCUT2D eigenvalue weighted by Crippen LogP contribution is 2.49. The van der Waals surface area contributed by atoms with Crippen molar-refractivity contribution in [2.45, 2.75) is 25.6 Å². The molecule has 0 saturated heterocycles. The normalized spacial score (nSPS) is 20.3. The minimum atomic E-state index is -0.701. The third-order valence-electron chi connectivity index (χ3n) is 2.73. The first-order valence-electron chi connectivity index (χ1n) is 5.35. The number of para-hydroxylation sites is 1. The molecule has 1 heterocycles. The van der Waals surface area contributed by atoms with Crippen molar-refractivity contribution < 1.29 is 19.4 Å². The van der Waals surface area contributed by atoms with Crippen LogP contribution in [0.5, 0.6) is 11.5 Å². The van der Waals surface area contributed by atoms with Gasteiger partial charge in [-0.25, -0.2) is 4.79 Å². The molecule has 1 aromatic rings. The highest BCUT2D eigenvalue weighted by molar-refractivity contribution is 5.68. The Bertz CT molecular complexity index is 456. The molecule has 0 fully saturated rings. The molecule has 0 bridgehead atoms. The van der Waals surface area contributed by atoms with Crippen LogP contribution in [0.15, 0.2) is 18.2 Å². The number of alkyl carbamates (subject to hydrolysis) is 1. The number of fused-ring (bicyclic) bond motifs is 1. The summed E-state index contributed by atoms with van der Waals surface area (Å²) < 4.78 is 10.9. The summed E-state index contributed by atoms with van der Waals surface area (Å²) in [5, 5.41) is 12.1. The Morgan fingerprint density at radius 2 is 2.24 bits per heavy atom. The van der Waals surface area contributed by atoms with Crippen molar-refractivity contribution in [3.63, 3.8) is 0 Å². The second-order valence-corrected chi connectivity index (χ2v) is 4.44. The molecule has 0 radical (unpaired) electrons. The molecule has 92 valence electrons. The van der Waals surface area contributed by atoms with Crippen molar-refractivity contribution in [2.75, 3.05) is 7.05 Å². The van der Waals surface area contributed by atoms with Crippen LogP contribution in [0, 0.1) is 0 Å². The number of carbonyl (C=O) groups excluding carboxylic acids is 1. The van der Waals surface area contributed by atoms with Crippen molar-refractivity contribution in [2.24, 2.45) is 0 Å². The van der Waals surface area contributed by atoms with Gasteiger partial charge in [-0.3, -0.25) is 0 Å². The van der Waals surface area contributed by atoms with Gasteiger partial charge in [-0.05, 0) is 19.9 Å². The van der Waals surface area contributed by atoms with E-state index in [0.717, 1.165) is 0 Å². The van der Waals surface area contributed by atoms with Crippen molar-refractivity contribution >= 4 is 6.09 Å². The molecule has 1 aliphatic heterocycles. The zero-order chi connectivity index (χ0) is 12.6. The fourth-order valence-electron chi connectivity index (χ4n) is 1.92. The Hall–Kier alpha value is -1.91. The lowest BCUT2D eigenvalue weighted by atomic mass is 9.97. The average molecular weight is 237 g/mol. The number of hydrogen-bond acceptors (Lipinski definition) is 4. The number of phenolic OH excluding ortho intramolecular Hbond substituents is 1. The second kappa shape index (κ2) is 3.84. The molecule has 1 aromatic carbocycles. The summed E-state index contributed by atoms with van der Waals surface area (Å²) in [6.45, 7) is 3.61. The zero-order valence-electron chi connectivity index (χ0n) is 9.98. The molecule has 0 saturated carbocycles. The molecule has 1 atom stereocenters. The average Bonchev–Trinajstić information content (AvgIpc) is 2.53. The van der Waals surface area contributed by atoms with E-state index in [1.807, 2.05) is 0 Å². The van der Waals surface area contributed by atoms with Gasteiger partial charge in [-0.2, -0.15) is 0 Å². The van der Waals surface area contributed by atoms with E-state index in [1.54, 1.807) is 26.0 Å². The van der Waals surface area contributed by atoms with Gasteiger partial charge in [-0.15, -0.1) is 0 Å². The molecule has 0 aromatic heterocycles. The van der Waals surface area contributed by atoms with Gasteiger partial charge >= 0.3 is 6.09 Å². The van der Waals surface area contributed by atoms with E-state index < -0.39 is 17.8 Å². The third kappa shape index (κ3) is 1.88. The number of aromatic hydroxyl groups is 1. The van der Waals surface area contributed by atoms with Gasteiger partial charge in [0.2, 0.25) is 0 Å². The molecule has 17 heavy (non-hydrogen) atoms. The van der Waals surface area contributed by atoms with E-state index in [2.05, 4.69) is 5.32 Å². The molecule has 1 unspecified atom stereocenters. The van der Waals surface area contributed by atoms with Crippen LogP contribution < -0.4 is 10.1 Å². The number of rotatable bonds is 1. The molecule has 2 N–H and O–H groups in total.